The summed E-state index contributed by atoms with van der Waals surface area (Å²) in [6.45, 7) is 3.56. The van der Waals surface area contributed by atoms with E-state index in [1.54, 1.807) is 0 Å². The predicted octanol–water partition coefficient (Wildman–Crippen LogP) is 0.441. The maximum absolute atomic E-state index is 12.0. The van der Waals surface area contributed by atoms with E-state index in [9.17, 15) is 13.2 Å². The van der Waals surface area contributed by atoms with Gasteiger partial charge in [0, 0.05) is 19.1 Å². The molecule has 1 unspecified atom stereocenters. The largest absolute Gasteiger partial charge is 0.452 e. The van der Waals surface area contributed by atoms with Gasteiger partial charge < -0.3 is 10.1 Å². The van der Waals surface area contributed by atoms with Gasteiger partial charge >= 0.3 is 16.3 Å². The van der Waals surface area contributed by atoms with Crippen molar-refractivity contribution in [3.8, 4) is 0 Å². The van der Waals surface area contributed by atoms with E-state index in [2.05, 4.69) is 10.1 Å². The number of rotatable bonds is 6. The molecule has 1 saturated heterocycles. The number of carbonyl (C=O) groups is 1. The van der Waals surface area contributed by atoms with E-state index in [0.29, 0.717) is 19.5 Å². The zero-order valence-corrected chi connectivity index (χ0v) is 12.3. The van der Waals surface area contributed by atoms with Crippen molar-refractivity contribution in [2.45, 2.75) is 38.6 Å². The summed E-state index contributed by atoms with van der Waals surface area (Å²) in [6, 6.07) is 0.148. The molecule has 1 fully saturated rings. The maximum atomic E-state index is 12.0. The molecule has 0 radical (unpaired) electrons. The molecule has 0 aliphatic carbocycles. The summed E-state index contributed by atoms with van der Waals surface area (Å²) in [4.78, 5) is 11.1. The van der Waals surface area contributed by atoms with Crippen molar-refractivity contribution in [2.24, 2.45) is 0 Å². The standard InChI is InChI=1S/C11H23N3O4S/c1-3-8-14(9-10-6-4-5-7-12-10)19(16,17)13-11(15)18-2/h10,12H,3-9H2,1-2H3,(H,13,15). The molecule has 2 N–H and O–H groups in total. The van der Waals surface area contributed by atoms with Crippen LogP contribution in [0.3, 0.4) is 0 Å². The van der Waals surface area contributed by atoms with Gasteiger partial charge in [0.25, 0.3) is 0 Å². The molecular weight excluding hydrogens is 270 g/mol. The highest BCUT2D eigenvalue weighted by molar-refractivity contribution is 7.87. The predicted molar refractivity (Wildman–Crippen MR) is 72.0 cm³/mol. The number of piperidine rings is 1. The highest BCUT2D eigenvalue weighted by atomic mass is 32.2. The Morgan fingerprint density at radius 1 is 1.47 bits per heavy atom. The molecule has 0 bridgehead atoms. The van der Waals surface area contributed by atoms with Crippen LogP contribution in [-0.4, -0.2) is 51.6 Å². The summed E-state index contributed by atoms with van der Waals surface area (Å²) in [5.41, 5.74) is 0. The number of carbonyl (C=O) groups excluding carboxylic acids is 1. The molecule has 1 heterocycles. The van der Waals surface area contributed by atoms with E-state index in [1.165, 1.54) is 4.31 Å². The van der Waals surface area contributed by atoms with Crippen molar-refractivity contribution in [2.75, 3.05) is 26.7 Å². The molecule has 19 heavy (non-hydrogen) atoms. The first-order chi connectivity index (χ1) is 8.99. The van der Waals surface area contributed by atoms with Crippen LogP contribution in [0.4, 0.5) is 4.79 Å². The number of amides is 1. The fourth-order valence-electron chi connectivity index (χ4n) is 2.10. The third-order valence-electron chi connectivity index (χ3n) is 3.05. The van der Waals surface area contributed by atoms with E-state index in [4.69, 9.17) is 0 Å². The zero-order valence-electron chi connectivity index (χ0n) is 11.5. The van der Waals surface area contributed by atoms with E-state index in [1.807, 2.05) is 11.6 Å². The van der Waals surface area contributed by atoms with Crippen LogP contribution in [0.15, 0.2) is 0 Å². The summed E-state index contributed by atoms with van der Waals surface area (Å²) in [6.07, 6.45) is 2.90. The third kappa shape index (κ3) is 5.33. The van der Waals surface area contributed by atoms with Gasteiger partial charge in [0.1, 0.15) is 0 Å². The lowest BCUT2D eigenvalue weighted by Gasteiger charge is -2.29. The van der Waals surface area contributed by atoms with Gasteiger partial charge in [-0.1, -0.05) is 13.3 Å². The van der Waals surface area contributed by atoms with Crippen molar-refractivity contribution in [1.29, 1.82) is 0 Å². The molecule has 0 aromatic heterocycles. The lowest BCUT2D eigenvalue weighted by molar-refractivity contribution is 0.176. The number of nitrogens with zero attached hydrogens (tertiary/aromatic N) is 1. The van der Waals surface area contributed by atoms with Gasteiger partial charge in [-0.3, -0.25) is 0 Å². The molecule has 0 aromatic carbocycles. The van der Waals surface area contributed by atoms with E-state index in [-0.39, 0.29) is 6.04 Å². The fraction of sp³-hybridized carbons (Fsp3) is 0.909. The smallest absolute Gasteiger partial charge is 0.421 e. The maximum Gasteiger partial charge on any atom is 0.421 e. The van der Waals surface area contributed by atoms with Gasteiger partial charge in [0.15, 0.2) is 0 Å². The first-order valence-corrected chi connectivity index (χ1v) is 8.02. The van der Waals surface area contributed by atoms with Crippen LogP contribution in [0.2, 0.25) is 0 Å². The monoisotopic (exact) mass is 293 g/mol. The van der Waals surface area contributed by atoms with Gasteiger partial charge in [-0.2, -0.15) is 12.7 Å². The second kappa shape index (κ2) is 7.66. The third-order valence-corrected chi connectivity index (χ3v) is 4.48. The van der Waals surface area contributed by atoms with Gasteiger partial charge in [-0.15, -0.1) is 0 Å². The Bertz CT molecular complexity index is 379. The van der Waals surface area contributed by atoms with Gasteiger partial charge in [0.2, 0.25) is 0 Å². The van der Waals surface area contributed by atoms with Gasteiger partial charge in [0.05, 0.1) is 7.11 Å². The Labute approximate surface area is 114 Å². The number of methoxy groups -OCH3 is 1. The first-order valence-electron chi connectivity index (χ1n) is 6.58. The minimum atomic E-state index is -3.83. The SMILES string of the molecule is CCCN(CC1CCCCN1)S(=O)(=O)NC(=O)OC. The molecule has 1 rings (SSSR count). The molecule has 1 aliphatic rings. The summed E-state index contributed by atoms with van der Waals surface area (Å²) < 4.78 is 31.6. The Balaban J connectivity index is 2.66. The highest BCUT2D eigenvalue weighted by Crippen LogP contribution is 2.11. The van der Waals surface area contributed by atoms with E-state index < -0.39 is 16.3 Å². The summed E-state index contributed by atoms with van der Waals surface area (Å²) in [5.74, 6) is 0. The Hall–Kier alpha value is -0.860. The average molecular weight is 293 g/mol. The van der Waals surface area contributed by atoms with Crippen LogP contribution in [-0.2, 0) is 14.9 Å². The summed E-state index contributed by atoms with van der Waals surface area (Å²) in [5, 5.41) is 3.30. The van der Waals surface area contributed by atoms with Crippen molar-refractivity contribution < 1.29 is 17.9 Å². The molecule has 8 heteroatoms. The Kier molecular flexibility index (Phi) is 6.53. The number of hydrogen-bond acceptors (Lipinski definition) is 5. The van der Waals surface area contributed by atoms with E-state index in [0.717, 1.165) is 32.9 Å². The second-order valence-corrected chi connectivity index (χ2v) is 6.27. The molecule has 1 aliphatic heterocycles. The van der Waals surface area contributed by atoms with Crippen LogP contribution in [0.5, 0.6) is 0 Å². The summed E-state index contributed by atoms with van der Waals surface area (Å²) in [7, 11) is -2.69. The van der Waals surface area contributed by atoms with Crippen LogP contribution in [0, 0.1) is 0 Å². The van der Waals surface area contributed by atoms with Gasteiger partial charge in [-0.05, 0) is 25.8 Å². The topological polar surface area (TPSA) is 87.7 Å². The molecule has 0 aromatic rings. The molecule has 0 saturated carbocycles. The van der Waals surface area contributed by atoms with Gasteiger partial charge in [-0.25, -0.2) is 9.52 Å². The van der Waals surface area contributed by atoms with Crippen LogP contribution in [0.1, 0.15) is 32.6 Å². The van der Waals surface area contributed by atoms with Crippen molar-refractivity contribution in [3.63, 3.8) is 0 Å². The quantitative estimate of drug-likeness (QED) is 0.742. The molecule has 1 atom stereocenters. The zero-order chi connectivity index (χ0) is 14.3. The second-order valence-electron chi connectivity index (χ2n) is 4.60. The summed E-state index contributed by atoms with van der Waals surface area (Å²) >= 11 is 0. The average Bonchev–Trinajstić information content (AvgIpc) is 2.39. The number of ether oxygens (including phenoxy) is 1. The molecule has 7 nitrogen and oxygen atoms in total. The normalized spacial score (nSPS) is 20.3. The van der Waals surface area contributed by atoms with Crippen molar-refractivity contribution >= 4 is 16.3 Å². The minimum Gasteiger partial charge on any atom is -0.452 e. The van der Waals surface area contributed by atoms with E-state index >= 15 is 0 Å². The molecule has 112 valence electrons. The highest BCUT2D eigenvalue weighted by Gasteiger charge is 2.27. The number of hydrogen-bond donors (Lipinski definition) is 2. The minimum absolute atomic E-state index is 0.148. The van der Waals surface area contributed by atoms with Crippen LogP contribution in [0.25, 0.3) is 0 Å². The lowest BCUT2D eigenvalue weighted by atomic mass is 10.1. The molecular formula is C11H23N3O4S. The molecule has 1 amide bonds. The number of nitrogens with one attached hydrogen (secondary N) is 2. The van der Waals surface area contributed by atoms with Crippen LogP contribution < -0.4 is 10.0 Å². The van der Waals surface area contributed by atoms with Crippen LogP contribution >= 0.6 is 0 Å². The van der Waals surface area contributed by atoms with Crippen molar-refractivity contribution in [3.05, 3.63) is 0 Å². The first kappa shape index (κ1) is 16.2. The Morgan fingerprint density at radius 2 is 2.21 bits per heavy atom. The molecule has 0 spiro atoms. The van der Waals surface area contributed by atoms with Crippen molar-refractivity contribution in [1.82, 2.24) is 14.3 Å². The lowest BCUT2D eigenvalue weighted by Crippen LogP contribution is -2.50. The fourth-order valence-corrected chi connectivity index (χ4v) is 3.32. The Morgan fingerprint density at radius 3 is 2.74 bits per heavy atom.